The first kappa shape index (κ1) is 10.4. The molecule has 0 aliphatic carbocycles. The largest absolute Gasteiger partial charge is 0.310 e. The van der Waals surface area contributed by atoms with Crippen molar-refractivity contribution in [2.75, 3.05) is 12.4 Å². The molecule has 0 aromatic carbocycles. The van der Waals surface area contributed by atoms with Crippen LogP contribution >= 0.6 is 11.6 Å². The van der Waals surface area contributed by atoms with E-state index in [1.807, 2.05) is 0 Å². The lowest BCUT2D eigenvalue weighted by Gasteiger charge is -1.98. The van der Waals surface area contributed by atoms with Crippen LogP contribution in [0.2, 0.25) is 0 Å². The van der Waals surface area contributed by atoms with Gasteiger partial charge >= 0.3 is 0 Å². The van der Waals surface area contributed by atoms with E-state index in [0.717, 1.165) is 31.1 Å². The molecule has 5 nitrogen and oxygen atoms in total. The first-order chi connectivity index (χ1) is 6.33. The van der Waals surface area contributed by atoms with Gasteiger partial charge < -0.3 is 5.32 Å². The fourth-order valence-corrected chi connectivity index (χ4v) is 1.13. The van der Waals surface area contributed by atoms with Crippen molar-refractivity contribution in [3.8, 4) is 0 Å². The Morgan fingerprint density at radius 1 is 1.46 bits per heavy atom. The third-order valence-electron chi connectivity index (χ3n) is 1.57. The van der Waals surface area contributed by atoms with Gasteiger partial charge in [0.1, 0.15) is 0 Å². The SMILES string of the molecule is Cn1nnc(CNCCCCCl)n1. The Morgan fingerprint density at radius 3 is 2.92 bits per heavy atom. The van der Waals surface area contributed by atoms with E-state index >= 15 is 0 Å². The van der Waals surface area contributed by atoms with Gasteiger partial charge in [0.05, 0.1) is 13.6 Å². The van der Waals surface area contributed by atoms with Gasteiger partial charge in [-0.25, -0.2) is 0 Å². The maximum Gasteiger partial charge on any atom is 0.188 e. The molecule has 1 heterocycles. The minimum absolute atomic E-state index is 0.677. The Balaban J connectivity index is 2.06. The van der Waals surface area contributed by atoms with Crippen LogP contribution in [0.4, 0.5) is 0 Å². The summed E-state index contributed by atoms with van der Waals surface area (Å²) >= 11 is 5.53. The van der Waals surface area contributed by atoms with Crippen LogP contribution < -0.4 is 5.32 Å². The fourth-order valence-electron chi connectivity index (χ4n) is 0.939. The summed E-state index contributed by atoms with van der Waals surface area (Å²) in [6.45, 7) is 1.63. The number of halogens is 1. The molecule has 0 saturated carbocycles. The van der Waals surface area contributed by atoms with Crippen LogP contribution in [0.1, 0.15) is 18.7 Å². The molecule has 13 heavy (non-hydrogen) atoms. The zero-order chi connectivity index (χ0) is 9.52. The number of alkyl halides is 1. The highest BCUT2D eigenvalue weighted by atomic mass is 35.5. The predicted molar refractivity (Wildman–Crippen MR) is 50.5 cm³/mol. The molecular weight excluding hydrogens is 190 g/mol. The predicted octanol–water partition coefficient (Wildman–Crippen LogP) is 0.319. The first-order valence-electron chi connectivity index (χ1n) is 4.32. The van der Waals surface area contributed by atoms with Crippen LogP contribution in [0.3, 0.4) is 0 Å². The Hall–Kier alpha value is -0.680. The van der Waals surface area contributed by atoms with E-state index in [1.165, 1.54) is 4.80 Å². The van der Waals surface area contributed by atoms with Crippen molar-refractivity contribution in [2.24, 2.45) is 7.05 Å². The molecule has 74 valence electrons. The van der Waals surface area contributed by atoms with E-state index < -0.39 is 0 Å². The number of aromatic nitrogens is 4. The third kappa shape index (κ3) is 4.19. The van der Waals surface area contributed by atoms with Gasteiger partial charge in [-0.05, 0) is 24.6 Å². The minimum atomic E-state index is 0.677. The average Bonchev–Trinajstić information content (AvgIpc) is 2.51. The molecule has 1 rings (SSSR count). The summed E-state index contributed by atoms with van der Waals surface area (Å²) in [4.78, 5) is 1.45. The van der Waals surface area contributed by atoms with Crippen LogP contribution in [0.5, 0.6) is 0 Å². The van der Waals surface area contributed by atoms with E-state index in [-0.39, 0.29) is 0 Å². The summed E-state index contributed by atoms with van der Waals surface area (Å²) in [6.07, 6.45) is 2.13. The van der Waals surface area contributed by atoms with Crippen LogP contribution in [0.15, 0.2) is 0 Å². The Morgan fingerprint density at radius 2 is 2.31 bits per heavy atom. The summed E-state index contributed by atoms with van der Waals surface area (Å²) in [5.74, 6) is 1.46. The van der Waals surface area contributed by atoms with Crippen LogP contribution in [-0.4, -0.2) is 32.6 Å². The van der Waals surface area contributed by atoms with Crippen molar-refractivity contribution < 1.29 is 0 Å². The number of tetrazole rings is 1. The lowest BCUT2D eigenvalue weighted by atomic mass is 10.3. The van der Waals surface area contributed by atoms with Crippen molar-refractivity contribution in [3.05, 3.63) is 5.82 Å². The molecule has 1 aromatic rings. The number of nitrogens with one attached hydrogen (secondary N) is 1. The van der Waals surface area contributed by atoms with Crippen LogP contribution in [-0.2, 0) is 13.6 Å². The first-order valence-corrected chi connectivity index (χ1v) is 4.86. The Kier molecular flexibility index (Phi) is 4.70. The number of hydrogen-bond donors (Lipinski definition) is 1. The molecular formula is C7H14ClN5. The maximum absolute atomic E-state index is 5.53. The van der Waals surface area contributed by atoms with E-state index in [1.54, 1.807) is 7.05 Å². The lowest BCUT2D eigenvalue weighted by molar-refractivity contribution is 0.609. The second-order valence-electron chi connectivity index (χ2n) is 2.77. The molecule has 0 amide bonds. The second-order valence-corrected chi connectivity index (χ2v) is 3.15. The molecule has 1 aromatic heterocycles. The highest BCUT2D eigenvalue weighted by molar-refractivity contribution is 6.17. The van der Waals surface area contributed by atoms with Gasteiger partial charge in [-0.15, -0.1) is 21.8 Å². The molecule has 0 aliphatic heterocycles. The molecule has 0 bridgehead atoms. The highest BCUT2D eigenvalue weighted by Crippen LogP contribution is 1.90. The normalized spacial score (nSPS) is 10.6. The standard InChI is InChI=1S/C7H14ClN5/c1-13-11-7(10-12-13)6-9-5-3-2-4-8/h9H,2-6H2,1H3. The number of unbranched alkanes of at least 4 members (excludes halogenated alkanes) is 1. The Labute approximate surface area is 82.5 Å². The summed E-state index contributed by atoms with van der Waals surface area (Å²) in [5, 5.41) is 14.8. The van der Waals surface area contributed by atoms with Gasteiger partial charge in [-0.3, -0.25) is 0 Å². The van der Waals surface area contributed by atoms with Crippen LogP contribution in [0, 0.1) is 0 Å². The number of nitrogens with zero attached hydrogens (tertiary/aromatic N) is 4. The van der Waals surface area contributed by atoms with E-state index in [9.17, 15) is 0 Å². The number of rotatable bonds is 6. The Bertz CT molecular complexity index is 237. The lowest BCUT2D eigenvalue weighted by Crippen LogP contribution is -2.15. The highest BCUT2D eigenvalue weighted by Gasteiger charge is 1.97. The number of hydrogen-bond acceptors (Lipinski definition) is 4. The summed E-state index contributed by atoms with van der Waals surface area (Å²) in [5.41, 5.74) is 0. The maximum atomic E-state index is 5.53. The van der Waals surface area contributed by atoms with Gasteiger partial charge in [-0.1, -0.05) is 0 Å². The van der Waals surface area contributed by atoms with Crippen molar-refractivity contribution in [1.29, 1.82) is 0 Å². The summed E-state index contributed by atoms with van der Waals surface area (Å²) < 4.78 is 0. The average molecular weight is 204 g/mol. The van der Waals surface area contributed by atoms with Crippen molar-refractivity contribution in [3.63, 3.8) is 0 Å². The molecule has 0 atom stereocenters. The summed E-state index contributed by atoms with van der Waals surface area (Å²) in [7, 11) is 1.75. The molecule has 0 unspecified atom stereocenters. The second kappa shape index (κ2) is 5.88. The van der Waals surface area contributed by atoms with Crippen LogP contribution in [0.25, 0.3) is 0 Å². The zero-order valence-electron chi connectivity index (χ0n) is 7.70. The van der Waals surface area contributed by atoms with Gasteiger partial charge in [0.15, 0.2) is 5.82 Å². The third-order valence-corrected chi connectivity index (χ3v) is 1.84. The van der Waals surface area contributed by atoms with Gasteiger partial charge in [0.2, 0.25) is 0 Å². The number of aryl methyl sites for hydroxylation is 1. The van der Waals surface area contributed by atoms with Crippen molar-refractivity contribution in [2.45, 2.75) is 19.4 Å². The molecule has 0 spiro atoms. The van der Waals surface area contributed by atoms with E-state index in [0.29, 0.717) is 6.54 Å². The fraction of sp³-hybridized carbons (Fsp3) is 0.857. The van der Waals surface area contributed by atoms with Crippen molar-refractivity contribution in [1.82, 2.24) is 25.5 Å². The van der Waals surface area contributed by atoms with Crippen molar-refractivity contribution >= 4 is 11.6 Å². The monoisotopic (exact) mass is 203 g/mol. The zero-order valence-corrected chi connectivity index (χ0v) is 8.46. The minimum Gasteiger partial charge on any atom is -0.310 e. The summed E-state index contributed by atoms with van der Waals surface area (Å²) in [6, 6.07) is 0. The molecule has 1 N–H and O–H groups in total. The molecule has 6 heteroatoms. The quantitative estimate of drug-likeness (QED) is 0.535. The molecule has 0 fully saturated rings. The topological polar surface area (TPSA) is 55.6 Å². The molecule has 0 saturated heterocycles. The van der Waals surface area contributed by atoms with Gasteiger partial charge in [0.25, 0.3) is 0 Å². The van der Waals surface area contributed by atoms with E-state index in [4.69, 9.17) is 11.6 Å². The molecule has 0 aliphatic rings. The van der Waals surface area contributed by atoms with E-state index in [2.05, 4.69) is 20.7 Å². The van der Waals surface area contributed by atoms with Gasteiger partial charge in [0, 0.05) is 5.88 Å². The molecule has 0 radical (unpaired) electrons. The smallest absolute Gasteiger partial charge is 0.188 e. The van der Waals surface area contributed by atoms with Gasteiger partial charge in [-0.2, -0.15) is 4.80 Å².